The molecule has 0 amide bonds. The van der Waals surface area contributed by atoms with E-state index >= 15 is 0 Å². The Hall–Kier alpha value is -1.02. The first-order chi connectivity index (χ1) is 8.72. The van der Waals surface area contributed by atoms with Crippen molar-refractivity contribution in [2.75, 3.05) is 13.7 Å². The van der Waals surface area contributed by atoms with Crippen molar-refractivity contribution in [1.29, 1.82) is 0 Å². The summed E-state index contributed by atoms with van der Waals surface area (Å²) in [6, 6.07) is 6.86. The number of hydrogen-bond acceptors (Lipinski definition) is 2. The Morgan fingerprint density at radius 1 is 1.22 bits per heavy atom. The summed E-state index contributed by atoms with van der Waals surface area (Å²) >= 11 is 0. The minimum absolute atomic E-state index is 0.416. The summed E-state index contributed by atoms with van der Waals surface area (Å²) in [7, 11) is 1.75. The highest BCUT2D eigenvalue weighted by Crippen LogP contribution is 2.29. The molecule has 1 aromatic carbocycles. The number of methoxy groups -OCH3 is 1. The van der Waals surface area contributed by atoms with E-state index in [0.717, 1.165) is 18.7 Å². The molecule has 102 valence electrons. The molecule has 0 heterocycles. The first-order valence-electron chi connectivity index (χ1n) is 7.10. The molecule has 1 rings (SSSR count). The molecular weight excluding hydrogens is 222 g/mol. The third-order valence-electron chi connectivity index (χ3n) is 3.25. The molecule has 18 heavy (non-hydrogen) atoms. The summed E-state index contributed by atoms with van der Waals surface area (Å²) in [5, 5.41) is 3.64. The molecule has 0 fully saturated rings. The normalized spacial score (nSPS) is 12.4. The van der Waals surface area contributed by atoms with Gasteiger partial charge in [0, 0.05) is 11.6 Å². The van der Waals surface area contributed by atoms with Crippen molar-refractivity contribution in [3.05, 3.63) is 29.3 Å². The van der Waals surface area contributed by atoms with Crippen molar-refractivity contribution in [1.82, 2.24) is 5.32 Å². The van der Waals surface area contributed by atoms with Crippen molar-refractivity contribution in [2.24, 2.45) is 0 Å². The zero-order valence-electron chi connectivity index (χ0n) is 12.3. The SMILES string of the molecule is CCCCC(NCCC)c1cc(C)ccc1OC. The van der Waals surface area contributed by atoms with Gasteiger partial charge in [0.2, 0.25) is 0 Å². The maximum atomic E-state index is 5.50. The quantitative estimate of drug-likeness (QED) is 0.744. The van der Waals surface area contributed by atoms with Crippen LogP contribution in [-0.2, 0) is 0 Å². The molecule has 0 aliphatic rings. The van der Waals surface area contributed by atoms with Gasteiger partial charge in [-0.15, -0.1) is 0 Å². The van der Waals surface area contributed by atoms with Crippen LogP contribution in [0.5, 0.6) is 5.75 Å². The number of benzene rings is 1. The van der Waals surface area contributed by atoms with Gasteiger partial charge in [0.15, 0.2) is 0 Å². The van der Waals surface area contributed by atoms with Crippen molar-refractivity contribution in [3.63, 3.8) is 0 Å². The topological polar surface area (TPSA) is 21.3 Å². The molecule has 0 saturated heterocycles. The third-order valence-corrected chi connectivity index (χ3v) is 3.25. The average Bonchev–Trinajstić information content (AvgIpc) is 2.39. The second kappa shape index (κ2) is 8.15. The van der Waals surface area contributed by atoms with Crippen LogP contribution in [0.2, 0.25) is 0 Å². The number of nitrogens with one attached hydrogen (secondary N) is 1. The van der Waals surface area contributed by atoms with Crippen LogP contribution in [0.3, 0.4) is 0 Å². The lowest BCUT2D eigenvalue weighted by Crippen LogP contribution is -2.22. The summed E-state index contributed by atoms with van der Waals surface area (Å²) in [6.45, 7) is 7.65. The molecule has 0 aliphatic heterocycles. The molecule has 1 N–H and O–H groups in total. The van der Waals surface area contributed by atoms with E-state index in [1.54, 1.807) is 7.11 Å². The molecule has 1 aromatic rings. The number of ether oxygens (including phenoxy) is 1. The molecule has 0 aromatic heterocycles. The van der Waals surface area contributed by atoms with E-state index in [9.17, 15) is 0 Å². The van der Waals surface area contributed by atoms with Gasteiger partial charge in [-0.3, -0.25) is 0 Å². The summed E-state index contributed by atoms with van der Waals surface area (Å²) in [4.78, 5) is 0. The van der Waals surface area contributed by atoms with Crippen LogP contribution in [0.1, 0.15) is 56.7 Å². The third kappa shape index (κ3) is 4.34. The number of aryl methyl sites for hydroxylation is 1. The summed E-state index contributed by atoms with van der Waals surface area (Å²) in [5.74, 6) is 1.00. The van der Waals surface area contributed by atoms with Gasteiger partial charge < -0.3 is 10.1 Å². The first kappa shape index (κ1) is 15.0. The number of hydrogen-bond donors (Lipinski definition) is 1. The molecule has 2 heteroatoms. The van der Waals surface area contributed by atoms with Crippen LogP contribution in [0.25, 0.3) is 0 Å². The van der Waals surface area contributed by atoms with Crippen LogP contribution in [0.15, 0.2) is 18.2 Å². The van der Waals surface area contributed by atoms with Gasteiger partial charge in [0.05, 0.1) is 7.11 Å². The minimum atomic E-state index is 0.416. The maximum Gasteiger partial charge on any atom is 0.123 e. The van der Waals surface area contributed by atoms with E-state index in [-0.39, 0.29) is 0 Å². The van der Waals surface area contributed by atoms with Crippen LogP contribution in [0, 0.1) is 6.92 Å². The van der Waals surface area contributed by atoms with E-state index in [0.29, 0.717) is 6.04 Å². The summed E-state index contributed by atoms with van der Waals surface area (Å²) in [5.41, 5.74) is 2.60. The maximum absolute atomic E-state index is 5.50. The number of unbranched alkanes of at least 4 members (excludes halogenated alkanes) is 1. The highest BCUT2D eigenvalue weighted by atomic mass is 16.5. The van der Waals surface area contributed by atoms with Crippen molar-refractivity contribution >= 4 is 0 Å². The van der Waals surface area contributed by atoms with E-state index < -0.39 is 0 Å². The molecular formula is C16H27NO. The zero-order chi connectivity index (χ0) is 13.4. The van der Waals surface area contributed by atoms with Gasteiger partial charge in [-0.25, -0.2) is 0 Å². The van der Waals surface area contributed by atoms with Crippen molar-refractivity contribution < 1.29 is 4.74 Å². The summed E-state index contributed by atoms with van der Waals surface area (Å²) < 4.78 is 5.50. The first-order valence-corrected chi connectivity index (χ1v) is 7.10. The largest absolute Gasteiger partial charge is 0.496 e. The second-order valence-corrected chi connectivity index (χ2v) is 4.89. The molecule has 0 radical (unpaired) electrons. The van der Waals surface area contributed by atoms with Crippen LogP contribution in [-0.4, -0.2) is 13.7 Å². The lowest BCUT2D eigenvalue weighted by Gasteiger charge is -2.21. The zero-order valence-corrected chi connectivity index (χ0v) is 12.3. The Labute approximate surface area is 112 Å². The molecule has 0 saturated carbocycles. The molecule has 0 spiro atoms. The molecule has 2 nitrogen and oxygen atoms in total. The van der Waals surface area contributed by atoms with Gasteiger partial charge in [0.1, 0.15) is 5.75 Å². The van der Waals surface area contributed by atoms with E-state index in [1.807, 2.05) is 0 Å². The van der Waals surface area contributed by atoms with Crippen LogP contribution >= 0.6 is 0 Å². The lowest BCUT2D eigenvalue weighted by molar-refractivity contribution is 0.392. The lowest BCUT2D eigenvalue weighted by atomic mass is 9.98. The van der Waals surface area contributed by atoms with Crippen LogP contribution in [0.4, 0.5) is 0 Å². The van der Waals surface area contributed by atoms with E-state index in [2.05, 4.69) is 44.3 Å². The second-order valence-electron chi connectivity index (χ2n) is 4.89. The van der Waals surface area contributed by atoms with Crippen LogP contribution < -0.4 is 10.1 Å². The molecule has 1 atom stereocenters. The van der Waals surface area contributed by atoms with Gasteiger partial charge in [0.25, 0.3) is 0 Å². The fourth-order valence-corrected chi connectivity index (χ4v) is 2.22. The minimum Gasteiger partial charge on any atom is -0.496 e. The molecule has 0 bridgehead atoms. The van der Waals surface area contributed by atoms with E-state index in [1.165, 1.54) is 30.4 Å². The monoisotopic (exact) mass is 249 g/mol. The van der Waals surface area contributed by atoms with Crippen molar-refractivity contribution in [2.45, 2.75) is 52.5 Å². The Kier molecular flexibility index (Phi) is 6.81. The Morgan fingerprint density at radius 3 is 2.61 bits per heavy atom. The average molecular weight is 249 g/mol. The highest BCUT2D eigenvalue weighted by Gasteiger charge is 2.15. The van der Waals surface area contributed by atoms with Gasteiger partial charge in [-0.1, -0.05) is 44.4 Å². The van der Waals surface area contributed by atoms with E-state index in [4.69, 9.17) is 4.74 Å². The number of rotatable bonds is 8. The Balaban J connectivity index is 2.90. The van der Waals surface area contributed by atoms with Gasteiger partial charge >= 0.3 is 0 Å². The standard InChI is InChI=1S/C16H27NO/c1-5-7-8-15(17-11-6-2)14-12-13(3)9-10-16(14)18-4/h9-10,12,15,17H,5-8,11H2,1-4H3. The van der Waals surface area contributed by atoms with Gasteiger partial charge in [-0.2, -0.15) is 0 Å². The smallest absolute Gasteiger partial charge is 0.123 e. The molecule has 1 unspecified atom stereocenters. The predicted octanol–water partition coefficient (Wildman–Crippen LogP) is 4.23. The highest BCUT2D eigenvalue weighted by molar-refractivity contribution is 5.39. The van der Waals surface area contributed by atoms with Crippen molar-refractivity contribution in [3.8, 4) is 5.75 Å². The Bertz CT molecular complexity index is 341. The fourth-order valence-electron chi connectivity index (χ4n) is 2.22. The predicted molar refractivity (Wildman–Crippen MR) is 78.3 cm³/mol. The molecule has 0 aliphatic carbocycles. The Morgan fingerprint density at radius 2 is 2.00 bits per heavy atom. The summed E-state index contributed by atoms with van der Waals surface area (Å²) in [6.07, 6.45) is 4.82. The fraction of sp³-hybridized carbons (Fsp3) is 0.625. The van der Waals surface area contributed by atoms with Gasteiger partial charge in [-0.05, 0) is 32.4 Å².